The zero-order valence-corrected chi connectivity index (χ0v) is 19.1. The number of carbonyl (C=O) groups is 2. The van der Waals surface area contributed by atoms with Gasteiger partial charge in [0.25, 0.3) is 11.8 Å². The molecule has 32 heavy (non-hydrogen) atoms. The van der Waals surface area contributed by atoms with Crippen LogP contribution in [0.15, 0.2) is 18.7 Å². The summed E-state index contributed by atoms with van der Waals surface area (Å²) in [6.45, 7) is 0. The number of guanidine groups is 1. The number of carbonyl (C=O) groups excluding carboxylic acids is 2. The third-order valence-corrected chi connectivity index (χ3v) is 7.69. The number of aromatic nitrogens is 2. The van der Waals surface area contributed by atoms with Gasteiger partial charge in [0.05, 0.1) is 5.56 Å². The molecule has 1 aliphatic heterocycles. The molecule has 3 atom stereocenters. The van der Waals surface area contributed by atoms with E-state index in [1.807, 2.05) is 0 Å². The van der Waals surface area contributed by atoms with Crippen LogP contribution in [0.25, 0.3) is 0 Å². The number of amides is 2. The number of nitrogens with zero attached hydrogens (tertiary/aromatic N) is 3. The Bertz CT molecular complexity index is 825. The lowest BCUT2D eigenvalue weighted by Crippen LogP contribution is -2.50. The van der Waals surface area contributed by atoms with Crippen molar-refractivity contribution < 1.29 is 9.59 Å². The maximum atomic E-state index is 13.3. The second-order valence-corrected chi connectivity index (χ2v) is 10.00. The Morgan fingerprint density at radius 3 is 2.56 bits per heavy atom. The number of likely N-dealkylation sites (N-methyl/N-ethyl adjacent to an activating group) is 1. The van der Waals surface area contributed by atoms with E-state index in [0.29, 0.717) is 17.4 Å². The van der Waals surface area contributed by atoms with E-state index in [2.05, 4.69) is 20.6 Å². The van der Waals surface area contributed by atoms with Gasteiger partial charge in [-0.05, 0) is 43.9 Å². The van der Waals surface area contributed by atoms with Gasteiger partial charge in [0.2, 0.25) is 0 Å². The van der Waals surface area contributed by atoms with Crippen LogP contribution in [0.2, 0.25) is 0 Å². The maximum Gasteiger partial charge on any atom is 0.254 e. The van der Waals surface area contributed by atoms with Crippen LogP contribution in [-0.2, 0) is 4.79 Å². The predicted octanol–water partition coefficient (Wildman–Crippen LogP) is 3.25. The minimum atomic E-state index is -0.673. The van der Waals surface area contributed by atoms with Crippen LogP contribution < -0.4 is 10.6 Å². The molecule has 3 aliphatic rings. The lowest BCUT2D eigenvalue weighted by molar-refractivity contribution is -0.131. The van der Waals surface area contributed by atoms with Crippen LogP contribution in [0.1, 0.15) is 87.4 Å². The van der Waals surface area contributed by atoms with E-state index in [1.165, 1.54) is 55.7 Å². The number of rotatable bonds is 7. The monoisotopic (exact) mass is 440 g/mol. The van der Waals surface area contributed by atoms with Crippen molar-refractivity contribution in [1.29, 1.82) is 5.41 Å². The molecule has 0 aromatic carbocycles. The average Bonchev–Trinajstić information content (AvgIpc) is 3.03. The van der Waals surface area contributed by atoms with Crippen LogP contribution in [0.4, 0.5) is 0 Å². The number of nitrogens with one attached hydrogen (secondary N) is 3. The SMILES string of the molecule is CN1C(=N)N[C@](CCC2CCCCC2)(C[C@H]2CCC[C@@H](NC(=O)c3cncnc3)C2)C1=O. The van der Waals surface area contributed by atoms with Gasteiger partial charge in [-0.2, -0.15) is 0 Å². The van der Waals surface area contributed by atoms with Crippen molar-refractivity contribution in [3.05, 3.63) is 24.3 Å². The van der Waals surface area contributed by atoms with E-state index in [0.717, 1.165) is 44.9 Å². The molecular weight excluding hydrogens is 404 g/mol. The zero-order valence-electron chi connectivity index (χ0n) is 19.1. The highest BCUT2D eigenvalue weighted by Crippen LogP contribution is 2.38. The minimum Gasteiger partial charge on any atom is -0.349 e. The molecule has 2 heterocycles. The van der Waals surface area contributed by atoms with Crippen molar-refractivity contribution in [3.63, 3.8) is 0 Å². The first kappa shape index (κ1) is 22.7. The lowest BCUT2D eigenvalue weighted by atomic mass is 9.74. The number of hydrogen-bond acceptors (Lipinski definition) is 5. The highest BCUT2D eigenvalue weighted by Gasteiger charge is 2.49. The first-order valence-electron chi connectivity index (χ1n) is 12.2. The van der Waals surface area contributed by atoms with Gasteiger partial charge >= 0.3 is 0 Å². The normalized spacial score (nSPS) is 29.1. The molecule has 8 heteroatoms. The number of hydrogen-bond donors (Lipinski definition) is 3. The summed E-state index contributed by atoms with van der Waals surface area (Å²) in [6.07, 6.45) is 17.4. The molecule has 2 saturated carbocycles. The van der Waals surface area contributed by atoms with E-state index in [-0.39, 0.29) is 23.8 Å². The van der Waals surface area contributed by atoms with Crippen LogP contribution in [0, 0.1) is 17.2 Å². The fourth-order valence-electron chi connectivity index (χ4n) is 5.91. The van der Waals surface area contributed by atoms with Crippen molar-refractivity contribution >= 4 is 17.8 Å². The Labute approximate surface area is 190 Å². The third-order valence-electron chi connectivity index (χ3n) is 7.69. The van der Waals surface area contributed by atoms with Crippen LogP contribution in [0.3, 0.4) is 0 Å². The van der Waals surface area contributed by atoms with Gasteiger partial charge in [-0.25, -0.2) is 9.97 Å². The van der Waals surface area contributed by atoms with Gasteiger partial charge in [0.1, 0.15) is 11.9 Å². The van der Waals surface area contributed by atoms with Crippen molar-refractivity contribution in [2.24, 2.45) is 11.8 Å². The van der Waals surface area contributed by atoms with Gasteiger partial charge in [-0.15, -0.1) is 0 Å². The van der Waals surface area contributed by atoms with Crippen molar-refractivity contribution in [3.8, 4) is 0 Å². The van der Waals surface area contributed by atoms with E-state index in [1.54, 1.807) is 7.05 Å². The molecular formula is C24H36N6O2. The second-order valence-electron chi connectivity index (χ2n) is 10.00. The van der Waals surface area contributed by atoms with Gasteiger partial charge in [-0.1, -0.05) is 44.9 Å². The summed E-state index contributed by atoms with van der Waals surface area (Å²) in [7, 11) is 1.70. The average molecular weight is 441 g/mol. The van der Waals surface area contributed by atoms with Crippen molar-refractivity contribution in [1.82, 2.24) is 25.5 Å². The molecule has 4 rings (SSSR count). The molecule has 174 valence electrons. The zero-order chi connectivity index (χ0) is 22.6. The molecule has 0 radical (unpaired) electrons. The highest BCUT2D eigenvalue weighted by molar-refractivity contribution is 6.07. The molecule has 3 N–H and O–H groups in total. The topological polar surface area (TPSA) is 111 Å². The molecule has 2 aliphatic carbocycles. The van der Waals surface area contributed by atoms with E-state index < -0.39 is 5.54 Å². The summed E-state index contributed by atoms with van der Waals surface area (Å²) in [5, 5.41) is 14.7. The molecule has 1 aromatic rings. The predicted molar refractivity (Wildman–Crippen MR) is 122 cm³/mol. The highest BCUT2D eigenvalue weighted by atomic mass is 16.2. The molecule has 0 bridgehead atoms. The minimum absolute atomic E-state index is 0.0332. The summed E-state index contributed by atoms with van der Waals surface area (Å²) in [5.41, 5.74) is -0.200. The summed E-state index contributed by atoms with van der Waals surface area (Å²) in [4.78, 5) is 35.1. The molecule has 1 aromatic heterocycles. The molecule has 0 unspecified atom stereocenters. The van der Waals surface area contributed by atoms with Gasteiger partial charge in [0.15, 0.2) is 5.96 Å². The maximum absolute atomic E-state index is 13.3. The van der Waals surface area contributed by atoms with Crippen LogP contribution in [0.5, 0.6) is 0 Å². The first-order chi connectivity index (χ1) is 15.5. The van der Waals surface area contributed by atoms with Gasteiger partial charge in [-0.3, -0.25) is 19.9 Å². The van der Waals surface area contributed by atoms with Crippen molar-refractivity contribution in [2.45, 2.75) is 88.6 Å². The molecule has 8 nitrogen and oxygen atoms in total. The smallest absolute Gasteiger partial charge is 0.254 e. The van der Waals surface area contributed by atoms with E-state index in [4.69, 9.17) is 5.41 Å². The van der Waals surface area contributed by atoms with E-state index in [9.17, 15) is 9.59 Å². The van der Waals surface area contributed by atoms with Gasteiger partial charge < -0.3 is 10.6 Å². The lowest BCUT2D eigenvalue weighted by Gasteiger charge is -2.36. The molecule has 3 fully saturated rings. The fourth-order valence-corrected chi connectivity index (χ4v) is 5.91. The first-order valence-corrected chi connectivity index (χ1v) is 12.2. The molecule has 0 spiro atoms. The Kier molecular flexibility index (Phi) is 7.06. The Balaban J connectivity index is 1.40. The second kappa shape index (κ2) is 9.96. The molecule has 2 amide bonds. The van der Waals surface area contributed by atoms with Crippen LogP contribution >= 0.6 is 0 Å². The fraction of sp³-hybridized carbons (Fsp3) is 0.708. The third kappa shape index (κ3) is 5.10. The quantitative estimate of drug-likeness (QED) is 0.603. The van der Waals surface area contributed by atoms with Gasteiger partial charge in [0, 0.05) is 25.5 Å². The largest absolute Gasteiger partial charge is 0.349 e. The summed E-state index contributed by atoms with van der Waals surface area (Å²) in [5.74, 6) is 1.14. The van der Waals surface area contributed by atoms with Crippen LogP contribution in [-0.4, -0.2) is 51.3 Å². The summed E-state index contributed by atoms with van der Waals surface area (Å²) >= 11 is 0. The van der Waals surface area contributed by atoms with E-state index >= 15 is 0 Å². The Morgan fingerprint density at radius 2 is 1.88 bits per heavy atom. The molecule has 1 saturated heterocycles. The summed E-state index contributed by atoms with van der Waals surface area (Å²) < 4.78 is 0. The van der Waals surface area contributed by atoms with Crippen molar-refractivity contribution in [2.75, 3.05) is 7.05 Å². The summed E-state index contributed by atoms with van der Waals surface area (Å²) in [6, 6.07) is 0.0885. The Morgan fingerprint density at radius 1 is 1.16 bits per heavy atom. The Hall–Kier alpha value is -2.51. The standard InChI is InChI=1S/C24H36N6O2/c1-30-22(32)24(29-23(30)25,11-10-17-6-3-2-4-7-17)13-18-8-5-9-20(12-18)28-21(31)19-14-26-16-27-15-19/h14-18,20H,2-13H2,1H3,(H2,25,29)(H,28,31)/t18-,20+,24+/m0/s1.